The van der Waals surface area contributed by atoms with Crippen molar-refractivity contribution in [1.82, 2.24) is 0 Å². The van der Waals surface area contributed by atoms with Crippen molar-refractivity contribution in [2.45, 2.75) is 24.2 Å². The Hall–Kier alpha value is -2.21. The molecule has 1 amide bonds. The Bertz CT molecular complexity index is 1270. The molecule has 0 heterocycles. The highest BCUT2D eigenvalue weighted by Gasteiger charge is 2.31. The molecule has 0 aromatic heterocycles. The normalized spacial score (nSPS) is 11.6. The second-order valence-electron chi connectivity index (χ2n) is 6.52. The van der Waals surface area contributed by atoms with E-state index in [1.165, 1.54) is 11.8 Å². The van der Waals surface area contributed by atoms with Crippen LogP contribution in [0.4, 0.5) is 5.69 Å². The van der Waals surface area contributed by atoms with E-state index < -0.39 is 19.5 Å². The molecule has 0 saturated carbocycles. The Kier molecular flexibility index (Phi) is 7.75. The van der Waals surface area contributed by atoms with E-state index in [-0.39, 0.29) is 21.0 Å². The zero-order chi connectivity index (χ0) is 23.4. The molecular formula is C22H15Cl3N2O3S2. The molecule has 0 radical (unpaired) electrons. The monoisotopic (exact) mass is 524 g/mol. The molecule has 0 aliphatic carbocycles. The lowest BCUT2D eigenvalue weighted by Crippen LogP contribution is -2.27. The lowest BCUT2D eigenvalue weighted by atomic mass is 10.2. The van der Waals surface area contributed by atoms with E-state index in [2.05, 4.69) is 5.32 Å². The van der Waals surface area contributed by atoms with E-state index in [1.807, 2.05) is 6.07 Å². The minimum atomic E-state index is -3.56. The predicted molar refractivity (Wildman–Crippen MR) is 128 cm³/mol. The fourth-order valence-electron chi connectivity index (χ4n) is 2.68. The third-order valence-corrected chi connectivity index (χ3v) is 7.68. The van der Waals surface area contributed by atoms with Crippen LogP contribution in [0.3, 0.4) is 0 Å². The highest BCUT2D eigenvalue weighted by molar-refractivity contribution is 7.98. The minimum absolute atomic E-state index is 0.221. The van der Waals surface area contributed by atoms with Crippen LogP contribution in [0.25, 0.3) is 0 Å². The van der Waals surface area contributed by atoms with Crippen molar-refractivity contribution >= 4 is 68.0 Å². The first-order valence-electron chi connectivity index (χ1n) is 9.05. The van der Waals surface area contributed by atoms with Gasteiger partial charge in [0, 0.05) is 10.6 Å². The summed E-state index contributed by atoms with van der Waals surface area (Å²) in [6.45, 7) is 0. The Morgan fingerprint density at radius 1 is 0.969 bits per heavy atom. The van der Waals surface area contributed by atoms with Gasteiger partial charge in [0.2, 0.25) is 9.84 Å². The van der Waals surface area contributed by atoms with Gasteiger partial charge in [0.15, 0.2) is 0 Å². The molecule has 10 heteroatoms. The minimum Gasteiger partial charge on any atom is -0.321 e. The van der Waals surface area contributed by atoms with Crippen molar-refractivity contribution in [3.63, 3.8) is 0 Å². The molecule has 3 rings (SSSR count). The molecule has 5 nitrogen and oxygen atoms in total. The Morgan fingerprint density at radius 2 is 1.59 bits per heavy atom. The van der Waals surface area contributed by atoms with Gasteiger partial charge in [-0.15, -0.1) is 11.8 Å². The van der Waals surface area contributed by atoms with Crippen molar-refractivity contribution in [3.8, 4) is 6.07 Å². The molecule has 0 unspecified atom stereocenters. The summed E-state index contributed by atoms with van der Waals surface area (Å²) >= 11 is 18.1. The molecule has 0 saturated heterocycles. The summed E-state index contributed by atoms with van der Waals surface area (Å²) in [6, 6.07) is 21.8. The molecule has 3 aromatic carbocycles. The van der Waals surface area contributed by atoms with Crippen molar-refractivity contribution < 1.29 is 13.2 Å². The summed E-state index contributed by atoms with van der Waals surface area (Å²) in [5.41, 5.74) is 1.37. The van der Waals surface area contributed by atoms with E-state index in [9.17, 15) is 18.5 Å². The number of nitrogens with one attached hydrogen (secondary N) is 1. The van der Waals surface area contributed by atoms with Gasteiger partial charge in [-0.2, -0.15) is 5.26 Å². The number of nitrogens with zero attached hydrogens (tertiary/aromatic N) is 1. The second-order valence-corrected chi connectivity index (χ2v) is 11.8. The molecule has 0 aliphatic rings. The van der Waals surface area contributed by atoms with Crippen molar-refractivity contribution in [3.05, 3.63) is 83.9 Å². The molecule has 0 spiro atoms. The molecular weight excluding hydrogens is 511 g/mol. The molecule has 0 bridgehead atoms. The van der Waals surface area contributed by atoms with Gasteiger partial charge < -0.3 is 5.32 Å². The van der Waals surface area contributed by atoms with Gasteiger partial charge in [-0.1, -0.05) is 65.1 Å². The van der Waals surface area contributed by atoms with Gasteiger partial charge >= 0.3 is 0 Å². The maximum Gasteiger partial charge on any atom is 0.276 e. The van der Waals surface area contributed by atoms with E-state index >= 15 is 0 Å². The lowest BCUT2D eigenvalue weighted by molar-refractivity contribution is -0.115. The number of benzene rings is 3. The number of hydrogen-bond acceptors (Lipinski definition) is 5. The maximum absolute atomic E-state index is 12.7. The number of thioether (sulfide) groups is 1. The van der Waals surface area contributed by atoms with Crippen LogP contribution in [0.15, 0.2) is 87.5 Å². The van der Waals surface area contributed by atoms with Crippen molar-refractivity contribution in [2.24, 2.45) is 0 Å². The third kappa shape index (κ3) is 5.97. The largest absolute Gasteiger partial charge is 0.321 e. The van der Waals surface area contributed by atoms with Gasteiger partial charge in [0.05, 0.1) is 21.0 Å². The average molecular weight is 526 g/mol. The van der Waals surface area contributed by atoms with Crippen LogP contribution in [-0.2, 0) is 20.4 Å². The van der Waals surface area contributed by atoms with Crippen LogP contribution < -0.4 is 5.32 Å². The number of amides is 1. The molecule has 0 fully saturated rings. The highest BCUT2D eigenvalue weighted by atomic mass is 35.6. The molecule has 0 atom stereocenters. The van der Waals surface area contributed by atoms with Gasteiger partial charge in [-0.05, 0) is 48.0 Å². The molecule has 164 valence electrons. The van der Waals surface area contributed by atoms with Crippen LogP contribution in [-0.4, -0.2) is 18.1 Å². The Morgan fingerprint density at radius 3 is 2.19 bits per heavy atom. The standard InChI is InChI=1S/C22H15Cl3N2O3S2/c23-22(24,25)21(28)27-20-11-8-17(12-16(20)13-26)31-14-15-6-9-19(10-7-15)32(29,30)18-4-2-1-3-5-18/h1-12H,14H2,(H,27,28). The van der Waals surface area contributed by atoms with E-state index in [1.54, 1.807) is 72.8 Å². The summed E-state index contributed by atoms with van der Waals surface area (Å²) < 4.78 is 23.2. The number of carbonyl (C=O) groups excluding carboxylic acids is 1. The number of halogens is 3. The topological polar surface area (TPSA) is 87.0 Å². The molecule has 3 aromatic rings. The lowest BCUT2D eigenvalue weighted by Gasteiger charge is -2.13. The van der Waals surface area contributed by atoms with Gasteiger partial charge in [0.1, 0.15) is 6.07 Å². The number of anilines is 1. The van der Waals surface area contributed by atoms with Crippen LogP contribution in [0.5, 0.6) is 0 Å². The molecule has 32 heavy (non-hydrogen) atoms. The third-order valence-electron chi connectivity index (χ3n) is 4.31. The van der Waals surface area contributed by atoms with E-state index in [0.717, 1.165) is 10.5 Å². The van der Waals surface area contributed by atoms with Gasteiger partial charge in [-0.25, -0.2) is 8.42 Å². The summed E-state index contributed by atoms with van der Waals surface area (Å²) in [6.07, 6.45) is 0. The summed E-state index contributed by atoms with van der Waals surface area (Å²) in [5.74, 6) is -0.305. The molecule has 0 aliphatic heterocycles. The fourth-order valence-corrected chi connectivity index (χ4v) is 4.99. The van der Waals surface area contributed by atoms with Crippen LogP contribution in [0.2, 0.25) is 0 Å². The number of nitriles is 1. The summed E-state index contributed by atoms with van der Waals surface area (Å²) in [7, 11) is -3.56. The number of alkyl halides is 3. The van der Waals surface area contributed by atoms with Gasteiger partial charge in [-0.3, -0.25) is 4.79 Å². The van der Waals surface area contributed by atoms with Crippen molar-refractivity contribution in [2.75, 3.05) is 5.32 Å². The van der Waals surface area contributed by atoms with E-state index in [4.69, 9.17) is 34.8 Å². The smallest absolute Gasteiger partial charge is 0.276 e. The number of carbonyl (C=O) groups is 1. The fraction of sp³-hybridized carbons (Fsp3) is 0.0909. The van der Waals surface area contributed by atoms with Crippen LogP contribution >= 0.6 is 46.6 Å². The maximum atomic E-state index is 12.7. The number of sulfone groups is 1. The summed E-state index contributed by atoms with van der Waals surface area (Å²) in [5, 5.41) is 11.8. The quantitative estimate of drug-likeness (QED) is 0.315. The number of hydrogen-bond donors (Lipinski definition) is 1. The molecule has 1 N–H and O–H groups in total. The Balaban J connectivity index is 1.69. The first-order chi connectivity index (χ1) is 15.1. The second kappa shape index (κ2) is 10.2. The van der Waals surface area contributed by atoms with E-state index in [0.29, 0.717) is 5.75 Å². The van der Waals surface area contributed by atoms with Gasteiger partial charge in [0.25, 0.3) is 9.70 Å². The first kappa shape index (κ1) is 24.4. The zero-order valence-electron chi connectivity index (χ0n) is 16.3. The number of rotatable bonds is 6. The zero-order valence-corrected chi connectivity index (χ0v) is 20.2. The Labute approximate surface area is 205 Å². The summed E-state index contributed by atoms with van der Waals surface area (Å²) in [4.78, 5) is 13.1. The average Bonchev–Trinajstić information content (AvgIpc) is 2.78. The predicted octanol–water partition coefficient (Wildman–Crippen LogP) is 5.99. The first-order valence-corrected chi connectivity index (χ1v) is 12.7. The highest BCUT2D eigenvalue weighted by Crippen LogP contribution is 2.31. The van der Waals surface area contributed by atoms with Crippen molar-refractivity contribution in [1.29, 1.82) is 5.26 Å². The SMILES string of the molecule is N#Cc1cc(SCc2ccc(S(=O)(=O)c3ccccc3)cc2)ccc1NC(=O)C(Cl)(Cl)Cl. The van der Waals surface area contributed by atoms with Crippen LogP contribution in [0, 0.1) is 11.3 Å². The van der Waals surface area contributed by atoms with Crippen LogP contribution in [0.1, 0.15) is 11.1 Å².